The van der Waals surface area contributed by atoms with Gasteiger partial charge in [0, 0.05) is 30.4 Å². The molecule has 10 heteroatoms. The summed E-state index contributed by atoms with van der Waals surface area (Å²) in [6.45, 7) is -1.66. The van der Waals surface area contributed by atoms with Crippen molar-refractivity contribution in [3.63, 3.8) is 0 Å². The molecule has 1 aromatic heterocycles. The van der Waals surface area contributed by atoms with Crippen LogP contribution < -0.4 is 10.7 Å². The van der Waals surface area contributed by atoms with E-state index in [1.165, 1.54) is 0 Å². The number of nitrogens with one attached hydrogen (secondary N) is 1. The van der Waals surface area contributed by atoms with Gasteiger partial charge in [0.1, 0.15) is 17.2 Å². The second-order valence-electron chi connectivity index (χ2n) is 6.94. The molecule has 1 aromatic carbocycles. The molecule has 2 aliphatic rings. The van der Waals surface area contributed by atoms with Gasteiger partial charge < -0.3 is 24.6 Å². The Morgan fingerprint density at radius 1 is 1.43 bits per heavy atom. The van der Waals surface area contributed by atoms with Crippen LogP contribution in [0.25, 0.3) is 0 Å². The number of rotatable bonds is 3. The van der Waals surface area contributed by atoms with Crippen LogP contribution >= 0.6 is 0 Å². The minimum absolute atomic E-state index is 0.00789. The minimum atomic E-state index is -2.80. The van der Waals surface area contributed by atoms with Crippen LogP contribution in [0.1, 0.15) is 43.9 Å². The van der Waals surface area contributed by atoms with Crippen LogP contribution in [0.15, 0.2) is 29.2 Å². The quantitative estimate of drug-likeness (QED) is 0.778. The van der Waals surface area contributed by atoms with Gasteiger partial charge in [-0.25, -0.2) is 8.78 Å². The van der Waals surface area contributed by atoms with Gasteiger partial charge in [0.25, 0.3) is 11.8 Å². The second-order valence-corrected chi connectivity index (χ2v) is 6.94. The molecule has 3 heterocycles. The highest BCUT2D eigenvalue weighted by Crippen LogP contribution is 2.29. The van der Waals surface area contributed by atoms with Crippen LogP contribution in [-0.4, -0.2) is 45.2 Å². The lowest BCUT2D eigenvalue weighted by Crippen LogP contribution is -2.57. The molecule has 2 N–H and O–H groups in total. The second kappa shape index (κ2) is 7.52. The molecule has 0 bridgehead atoms. The normalized spacial score (nSPS) is 26.1. The number of ether oxygens (including phenoxy) is 1. The maximum absolute atomic E-state index is 13.8. The van der Waals surface area contributed by atoms with E-state index >= 15 is 0 Å². The maximum atomic E-state index is 13.8. The molecule has 0 radical (unpaired) electrons. The van der Waals surface area contributed by atoms with Crippen molar-refractivity contribution in [1.29, 1.82) is 0 Å². The number of fused-ring (bicyclic) bond motifs is 2. The lowest BCUT2D eigenvalue weighted by Gasteiger charge is -2.44. The third-order valence-electron chi connectivity index (χ3n) is 4.95. The Kier molecular flexibility index (Phi) is 4.14. The minimum Gasteiger partial charge on any atom is -0.503 e. The fourth-order valence-corrected chi connectivity index (χ4v) is 3.31. The molecular weight excluding hydrogens is 400 g/mol. The highest BCUT2D eigenvalue weighted by molar-refractivity contribution is 5.99. The van der Waals surface area contributed by atoms with E-state index in [2.05, 4.69) is 5.32 Å². The van der Waals surface area contributed by atoms with Crippen LogP contribution in [0.4, 0.5) is 8.78 Å². The predicted octanol–water partition coefficient (Wildman–Crippen LogP) is 1.35. The molecule has 1 saturated heterocycles. The topological polar surface area (TPSA) is 101 Å². The number of benzene rings is 1. The van der Waals surface area contributed by atoms with Crippen molar-refractivity contribution in [3.8, 4) is 5.75 Å². The van der Waals surface area contributed by atoms with E-state index in [0.717, 1.165) is 23.2 Å². The van der Waals surface area contributed by atoms with E-state index in [4.69, 9.17) is 8.85 Å². The Morgan fingerprint density at radius 3 is 2.93 bits per heavy atom. The number of aromatic nitrogens is 1. The van der Waals surface area contributed by atoms with Gasteiger partial charge >= 0.3 is 0 Å². The Labute approximate surface area is 173 Å². The molecule has 4 rings (SSSR count). The van der Waals surface area contributed by atoms with Gasteiger partial charge in [0.15, 0.2) is 17.6 Å². The zero-order valence-corrected chi connectivity index (χ0v) is 15.7. The average Bonchev–Trinajstić information content (AvgIpc) is 2.73. The van der Waals surface area contributed by atoms with E-state index < -0.39 is 71.2 Å². The van der Waals surface area contributed by atoms with Gasteiger partial charge in [-0.3, -0.25) is 14.4 Å². The predicted molar refractivity (Wildman–Crippen MR) is 99.9 cm³/mol. The zero-order chi connectivity index (χ0) is 24.3. The number of pyridine rings is 1. The van der Waals surface area contributed by atoms with Crippen molar-refractivity contribution in [2.24, 2.45) is 0 Å². The first kappa shape index (κ1) is 16.5. The number of amides is 2. The zero-order valence-electron chi connectivity index (χ0n) is 18.7. The molecule has 0 spiro atoms. The van der Waals surface area contributed by atoms with Crippen LogP contribution in [0.5, 0.6) is 5.75 Å². The Bertz CT molecular complexity index is 1240. The number of carbonyl (C=O) groups is 2. The maximum Gasteiger partial charge on any atom is 0.276 e. The van der Waals surface area contributed by atoms with Gasteiger partial charge in [-0.2, -0.15) is 0 Å². The Morgan fingerprint density at radius 2 is 2.20 bits per heavy atom. The van der Waals surface area contributed by atoms with E-state index in [-0.39, 0.29) is 12.2 Å². The smallest absolute Gasteiger partial charge is 0.276 e. The summed E-state index contributed by atoms with van der Waals surface area (Å²) in [5, 5.41) is 12.7. The highest BCUT2D eigenvalue weighted by Gasteiger charge is 2.41. The molecule has 0 aliphatic carbocycles. The molecule has 8 nitrogen and oxygen atoms in total. The van der Waals surface area contributed by atoms with Crippen molar-refractivity contribution >= 4 is 11.8 Å². The SMILES string of the molecule is [2H]C1([2H])n2cc(C(=O)NCc3ccc(F)cc3F)c(=O)c(O)c2C(=O)N2[C@H](C)CCO[C@]21[2H]. The first-order valence-corrected chi connectivity index (χ1v) is 9.09. The highest BCUT2D eigenvalue weighted by atomic mass is 19.1. The number of hydrogen-bond donors (Lipinski definition) is 2. The summed E-state index contributed by atoms with van der Waals surface area (Å²) in [4.78, 5) is 39.2. The van der Waals surface area contributed by atoms with E-state index in [1.54, 1.807) is 6.92 Å². The summed E-state index contributed by atoms with van der Waals surface area (Å²) >= 11 is 0. The molecule has 2 aliphatic heterocycles. The van der Waals surface area contributed by atoms with Crippen LogP contribution in [-0.2, 0) is 17.8 Å². The van der Waals surface area contributed by atoms with Gasteiger partial charge in [-0.1, -0.05) is 6.07 Å². The molecule has 1 fully saturated rings. The van der Waals surface area contributed by atoms with Crippen LogP contribution in [0.2, 0.25) is 0 Å². The van der Waals surface area contributed by atoms with Gasteiger partial charge in [0.05, 0.1) is 17.2 Å². The standard InChI is InChI=1S/C20H19F2N3O5/c1-10-4-5-30-15-9-24-8-13(17(26)18(27)16(24)20(29)25(10)15)19(28)23-7-11-2-3-12(21)6-14(11)22/h2-3,6,8,10,15,27H,4-5,7,9H2,1H3,(H,23,28)/t10-,15+/m1/s1/i9D2,15D. The number of halogens is 2. The molecule has 30 heavy (non-hydrogen) atoms. The molecular formula is C20H19F2N3O5. The van der Waals surface area contributed by atoms with Gasteiger partial charge in [-0.05, 0) is 19.4 Å². The monoisotopic (exact) mass is 422 g/mol. The van der Waals surface area contributed by atoms with Gasteiger partial charge in [-0.15, -0.1) is 0 Å². The molecule has 2 aromatic rings. The van der Waals surface area contributed by atoms with Crippen LogP contribution in [0, 0.1) is 11.6 Å². The lowest BCUT2D eigenvalue weighted by atomic mass is 10.1. The Balaban J connectivity index is 1.76. The number of hydrogen-bond acceptors (Lipinski definition) is 5. The average molecular weight is 422 g/mol. The third-order valence-corrected chi connectivity index (χ3v) is 4.95. The van der Waals surface area contributed by atoms with Crippen molar-refractivity contribution < 1.29 is 32.3 Å². The number of nitrogens with zero attached hydrogens (tertiary/aromatic N) is 2. The lowest BCUT2D eigenvalue weighted by molar-refractivity contribution is -0.112. The third kappa shape index (κ3) is 3.32. The summed E-state index contributed by atoms with van der Waals surface area (Å²) in [6.07, 6.45) is -1.48. The summed E-state index contributed by atoms with van der Waals surface area (Å²) in [6, 6.07) is 2.08. The van der Waals surface area contributed by atoms with Crippen molar-refractivity contribution in [2.75, 3.05) is 6.61 Å². The van der Waals surface area contributed by atoms with E-state index in [0.29, 0.717) is 17.1 Å². The largest absolute Gasteiger partial charge is 0.503 e. The molecule has 0 saturated carbocycles. The fourth-order valence-electron chi connectivity index (χ4n) is 3.31. The Hall–Kier alpha value is -3.27. The van der Waals surface area contributed by atoms with E-state index in [1.807, 2.05) is 0 Å². The van der Waals surface area contributed by atoms with Crippen LogP contribution in [0.3, 0.4) is 0 Å². The summed E-state index contributed by atoms with van der Waals surface area (Å²) < 4.78 is 58.3. The summed E-state index contributed by atoms with van der Waals surface area (Å²) in [7, 11) is 0. The fraction of sp³-hybridized carbons (Fsp3) is 0.350. The van der Waals surface area contributed by atoms with Crippen molar-refractivity contribution in [2.45, 2.75) is 38.6 Å². The van der Waals surface area contributed by atoms with Gasteiger partial charge in [0.2, 0.25) is 5.43 Å². The summed E-state index contributed by atoms with van der Waals surface area (Å²) in [5.74, 6) is -5.00. The number of aromatic hydroxyl groups is 1. The first-order chi connectivity index (χ1) is 15.4. The van der Waals surface area contributed by atoms with Crippen molar-refractivity contribution in [1.82, 2.24) is 14.8 Å². The molecule has 2 amide bonds. The van der Waals surface area contributed by atoms with E-state index in [9.17, 15) is 28.3 Å². The molecule has 0 unspecified atom stereocenters. The molecule has 158 valence electrons. The summed E-state index contributed by atoms with van der Waals surface area (Å²) in [5.41, 5.74) is -2.78. The molecule has 2 atom stereocenters. The number of carbonyl (C=O) groups excluding carboxylic acids is 2. The van der Waals surface area contributed by atoms with Crippen molar-refractivity contribution in [3.05, 3.63) is 63.1 Å². The first-order valence-electron chi connectivity index (χ1n) is 10.6.